The number of hydrogen-bond donors (Lipinski definition) is 2. The fourth-order valence-corrected chi connectivity index (χ4v) is 2.48. The van der Waals surface area contributed by atoms with Crippen molar-refractivity contribution in [3.05, 3.63) is 23.8 Å². The van der Waals surface area contributed by atoms with Crippen molar-refractivity contribution in [1.29, 1.82) is 0 Å². The minimum Gasteiger partial charge on any atom is -0.504 e. The van der Waals surface area contributed by atoms with Crippen LogP contribution in [0.5, 0.6) is 11.5 Å². The summed E-state index contributed by atoms with van der Waals surface area (Å²) in [6, 6.07) is 4.75. The van der Waals surface area contributed by atoms with Gasteiger partial charge in [-0.25, -0.2) is 0 Å². The maximum Gasteiger partial charge on any atom is 0.158 e. The van der Waals surface area contributed by atoms with E-state index in [0.29, 0.717) is 0 Å². The van der Waals surface area contributed by atoms with Gasteiger partial charge in [-0.1, -0.05) is 57.0 Å². The van der Waals surface area contributed by atoms with Gasteiger partial charge >= 0.3 is 0 Å². The lowest BCUT2D eigenvalue weighted by Gasteiger charge is -2.07. The first kappa shape index (κ1) is 18.3. The zero-order valence-corrected chi connectivity index (χ0v) is 13.8. The number of phenols is 2. The van der Waals surface area contributed by atoms with Gasteiger partial charge in [0.25, 0.3) is 0 Å². The van der Waals surface area contributed by atoms with Crippen LogP contribution in [0.2, 0.25) is 0 Å². The Labute approximate surface area is 133 Å². The van der Waals surface area contributed by atoms with Gasteiger partial charge in [-0.05, 0) is 31.0 Å². The quantitative estimate of drug-likeness (QED) is 0.262. The topological polar surface area (TPSA) is 62.0 Å². The van der Waals surface area contributed by atoms with Gasteiger partial charge in [0.15, 0.2) is 11.5 Å². The zero-order valence-electron chi connectivity index (χ0n) is 13.8. The third kappa shape index (κ3) is 6.83. The lowest BCUT2D eigenvalue weighted by atomic mass is 10.0. The average Bonchev–Trinajstić information content (AvgIpc) is 2.51. The second kappa shape index (κ2) is 10.9. The number of benzene rings is 1. The molecule has 0 aliphatic carbocycles. The zero-order chi connectivity index (χ0) is 16.2. The Hall–Kier alpha value is -1.71. The first-order valence-corrected chi connectivity index (χ1v) is 8.31. The molecular weight excluding hydrogens is 278 g/mol. The number of nitrogens with zero attached hydrogens (tertiary/aromatic N) is 1. The number of rotatable bonds is 11. The fraction of sp³-hybridized carbons (Fsp3) is 0.611. The molecule has 0 atom stereocenters. The van der Waals surface area contributed by atoms with E-state index in [2.05, 4.69) is 12.1 Å². The summed E-state index contributed by atoms with van der Waals surface area (Å²) in [7, 11) is 1.52. The van der Waals surface area contributed by atoms with Crippen molar-refractivity contribution in [2.24, 2.45) is 5.16 Å². The molecule has 1 aromatic rings. The van der Waals surface area contributed by atoms with Crippen LogP contribution in [-0.2, 0) is 4.84 Å². The molecule has 0 aliphatic rings. The highest BCUT2D eigenvalue weighted by atomic mass is 16.6. The summed E-state index contributed by atoms with van der Waals surface area (Å²) in [5.74, 6) is -0.246. The molecule has 4 heteroatoms. The number of phenolic OH excluding ortho intramolecular Hbond substituents is 2. The third-order valence-electron chi connectivity index (χ3n) is 3.78. The normalized spacial score (nSPS) is 11.6. The number of unbranched alkanes of at least 4 members (excludes halogenated alkanes) is 7. The molecular formula is C18H29NO3. The molecule has 124 valence electrons. The SMILES string of the molecule is CCCCCCCCCC/C(=N/OC)c1ccc(O)c(O)c1. The van der Waals surface area contributed by atoms with Crippen LogP contribution >= 0.6 is 0 Å². The summed E-state index contributed by atoms with van der Waals surface area (Å²) in [6.45, 7) is 2.23. The lowest BCUT2D eigenvalue weighted by Crippen LogP contribution is -2.02. The van der Waals surface area contributed by atoms with E-state index in [1.807, 2.05) is 0 Å². The Morgan fingerprint density at radius 1 is 0.955 bits per heavy atom. The van der Waals surface area contributed by atoms with Crippen LogP contribution < -0.4 is 0 Å². The van der Waals surface area contributed by atoms with Gasteiger partial charge < -0.3 is 15.1 Å². The van der Waals surface area contributed by atoms with Crippen LogP contribution in [0.25, 0.3) is 0 Å². The summed E-state index contributed by atoms with van der Waals surface area (Å²) in [5, 5.41) is 23.0. The molecule has 0 fully saturated rings. The van der Waals surface area contributed by atoms with E-state index >= 15 is 0 Å². The molecule has 0 heterocycles. The van der Waals surface area contributed by atoms with Gasteiger partial charge in [0.1, 0.15) is 7.11 Å². The summed E-state index contributed by atoms with van der Waals surface area (Å²) < 4.78 is 0. The highest BCUT2D eigenvalue weighted by molar-refractivity contribution is 6.00. The molecule has 0 radical (unpaired) electrons. The van der Waals surface area contributed by atoms with E-state index < -0.39 is 0 Å². The monoisotopic (exact) mass is 307 g/mol. The van der Waals surface area contributed by atoms with Crippen LogP contribution in [0, 0.1) is 0 Å². The van der Waals surface area contributed by atoms with Crippen LogP contribution in [-0.4, -0.2) is 23.0 Å². The van der Waals surface area contributed by atoms with Gasteiger partial charge in [-0.2, -0.15) is 0 Å². The minimum atomic E-state index is -0.128. The van der Waals surface area contributed by atoms with Gasteiger partial charge in [0.05, 0.1) is 5.71 Å². The maximum absolute atomic E-state index is 9.58. The standard InChI is InChI=1S/C18H29NO3/c1-3-4-5-6-7-8-9-10-11-16(19-22-2)15-12-13-17(20)18(21)14-15/h12-14,20-21H,3-11H2,1-2H3/b19-16-. The molecule has 0 unspecified atom stereocenters. The number of hydrogen-bond acceptors (Lipinski definition) is 4. The Kier molecular flexibility index (Phi) is 9.12. The second-order valence-electron chi connectivity index (χ2n) is 5.65. The summed E-state index contributed by atoms with van der Waals surface area (Å²) in [5.41, 5.74) is 1.60. The van der Waals surface area contributed by atoms with E-state index in [1.54, 1.807) is 6.07 Å². The van der Waals surface area contributed by atoms with Crippen molar-refractivity contribution in [1.82, 2.24) is 0 Å². The third-order valence-corrected chi connectivity index (χ3v) is 3.78. The van der Waals surface area contributed by atoms with E-state index in [4.69, 9.17) is 4.84 Å². The molecule has 1 rings (SSSR count). The Morgan fingerprint density at radius 3 is 2.18 bits per heavy atom. The van der Waals surface area contributed by atoms with E-state index in [-0.39, 0.29) is 11.5 Å². The van der Waals surface area contributed by atoms with Crippen LogP contribution in [0.15, 0.2) is 23.4 Å². The molecule has 2 N–H and O–H groups in total. The first-order valence-electron chi connectivity index (χ1n) is 8.31. The van der Waals surface area contributed by atoms with Crippen molar-refractivity contribution in [3.63, 3.8) is 0 Å². The summed E-state index contributed by atoms with van der Waals surface area (Å²) in [6.07, 6.45) is 10.9. The minimum absolute atomic E-state index is 0.118. The predicted molar refractivity (Wildman–Crippen MR) is 90.5 cm³/mol. The van der Waals surface area contributed by atoms with Gasteiger partial charge in [0.2, 0.25) is 0 Å². The van der Waals surface area contributed by atoms with Gasteiger partial charge in [0, 0.05) is 5.56 Å². The Morgan fingerprint density at radius 2 is 1.59 bits per heavy atom. The fourth-order valence-electron chi connectivity index (χ4n) is 2.48. The highest BCUT2D eigenvalue weighted by Crippen LogP contribution is 2.26. The molecule has 0 saturated carbocycles. The van der Waals surface area contributed by atoms with E-state index in [1.165, 1.54) is 64.2 Å². The van der Waals surface area contributed by atoms with Crippen molar-refractivity contribution in [2.45, 2.75) is 64.7 Å². The number of aromatic hydroxyl groups is 2. The average molecular weight is 307 g/mol. The van der Waals surface area contributed by atoms with Crippen molar-refractivity contribution < 1.29 is 15.1 Å². The molecule has 4 nitrogen and oxygen atoms in total. The molecule has 0 aromatic heterocycles. The largest absolute Gasteiger partial charge is 0.504 e. The van der Waals surface area contributed by atoms with Gasteiger partial charge in [-0.3, -0.25) is 0 Å². The van der Waals surface area contributed by atoms with Crippen molar-refractivity contribution in [2.75, 3.05) is 7.11 Å². The first-order chi connectivity index (χ1) is 10.7. The summed E-state index contributed by atoms with van der Waals surface area (Å²) >= 11 is 0. The molecule has 0 bridgehead atoms. The lowest BCUT2D eigenvalue weighted by molar-refractivity contribution is 0.212. The number of oxime groups is 1. The highest BCUT2D eigenvalue weighted by Gasteiger charge is 2.08. The smallest absolute Gasteiger partial charge is 0.158 e. The van der Waals surface area contributed by atoms with E-state index in [9.17, 15) is 10.2 Å². The van der Waals surface area contributed by atoms with Crippen molar-refractivity contribution >= 4 is 5.71 Å². The van der Waals surface area contributed by atoms with E-state index in [0.717, 1.165) is 24.1 Å². The Balaban J connectivity index is 2.36. The molecule has 1 aromatic carbocycles. The second-order valence-corrected chi connectivity index (χ2v) is 5.65. The van der Waals surface area contributed by atoms with Crippen LogP contribution in [0.4, 0.5) is 0 Å². The molecule has 22 heavy (non-hydrogen) atoms. The van der Waals surface area contributed by atoms with Crippen LogP contribution in [0.3, 0.4) is 0 Å². The molecule has 0 saturated heterocycles. The molecule has 0 amide bonds. The van der Waals surface area contributed by atoms with Crippen molar-refractivity contribution in [3.8, 4) is 11.5 Å². The van der Waals surface area contributed by atoms with Gasteiger partial charge in [-0.15, -0.1) is 0 Å². The Bertz CT molecular complexity index is 458. The molecule has 0 aliphatic heterocycles. The predicted octanol–water partition coefficient (Wildman–Crippen LogP) is 4.98. The molecule has 0 spiro atoms. The van der Waals surface area contributed by atoms with Crippen LogP contribution in [0.1, 0.15) is 70.3 Å². The maximum atomic E-state index is 9.58. The summed E-state index contributed by atoms with van der Waals surface area (Å²) in [4.78, 5) is 4.89.